The SMILES string of the molecule is NC(=O)c1cccc(N)c1SCc1ccccc1Cl. The Labute approximate surface area is 120 Å². The highest BCUT2D eigenvalue weighted by Crippen LogP contribution is 2.33. The van der Waals surface area contributed by atoms with Crippen molar-refractivity contribution < 1.29 is 4.79 Å². The minimum absolute atomic E-state index is 0.442. The van der Waals surface area contributed by atoms with Gasteiger partial charge in [0, 0.05) is 21.4 Å². The molecule has 2 aromatic carbocycles. The Morgan fingerprint density at radius 2 is 1.89 bits per heavy atom. The van der Waals surface area contributed by atoms with Crippen molar-refractivity contribution in [2.75, 3.05) is 5.73 Å². The molecule has 0 unspecified atom stereocenters. The third-order valence-corrected chi connectivity index (χ3v) is 4.21. The fourth-order valence-corrected chi connectivity index (χ4v) is 3.07. The van der Waals surface area contributed by atoms with E-state index in [9.17, 15) is 4.79 Å². The molecule has 5 heteroatoms. The van der Waals surface area contributed by atoms with E-state index in [1.54, 1.807) is 18.2 Å². The first-order chi connectivity index (χ1) is 9.09. The third-order valence-electron chi connectivity index (χ3n) is 2.64. The molecule has 0 aliphatic heterocycles. The predicted molar refractivity (Wildman–Crippen MR) is 80.4 cm³/mol. The van der Waals surface area contributed by atoms with Crippen LogP contribution >= 0.6 is 23.4 Å². The van der Waals surface area contributed by atoms with Gasteiger partial charge >= 0.3 is 0 Å². The van der Waals surface area contributed by atoms with Crippen LogP contribution in [-0.4, -0.2) is 5.91 Å². The van der Waals surface area contributed by atoms with Crippen molar-refractivity contribution in [1.29, 1.82) is 0 Å². The molecular formula is C14H13ClN2OS. The Hall–Kier alpha value is -1.65. The maximum absolute atomic E-state index is 11.4. The van der Waals surface area contributed by atoms with E-state index in [4.69, 9.17) is 23.1 Å². The topological polar surface area (TPSA) is 69.1 Å². The van der Waals surface area contributed by atoms with E-state index in [-0.39, 0.29) is 0 Å². The molecule has 0 radical (unpaired) electrons. The Balaban J connectivity index is 2.25. The van der Waals surface area contributed by atoms with Crippen molar-refractivity contribution in [3.63, 3.8) is 0 Å². The standard InChI is InChI=1S/C14H13ClN2OS/c15-11-6-2-1-4-9(11)8-19-13-10(14(17)18)5-3-7-12(13)16/h1-7H,8,16H2,(H2,17,18). The quantitative estimate of drug-likeness (QED) is 0.671. The Bertz CT molecular complexity index is 616. The molecule has 2 aromatic rings. The average molecular weight is 293 g/mol. The van der Waals surface area contributed by atoms with E-state index in [0.717, 1.165) is 5.56 Å². The summed E-state index contributed by atoms with van der Waals surface area (Å²) in [5, 5.41) is 0.699. The summed E-state index contributed by atoms with van der Waals surface area (Å²) >= 11 is 7.56. The first-order valence-corrected chi connectivity index (χ1v) is 7.00. The van der Waals surface area contributed by atoms with Crippen LogP contribution in [0.4, 0.5) is 5.69 Å². The molecule has 0 saturated carbocycles. The van der Waals surface area contributed by atoms with Gasteiger partial charge in [0.25, 0.3) is 0 Å². The second-order valence-corrected chi connectivity index (χ2v) is 5.36. The summed E-state index contributed by atoms with van der Waals surface area (Å²) in [5.74, 6) is 0.155. The number of thioether (sulfide) groups is 1. The number of halogens is 1. The van der Waals surface area contributed by atoms with Crippen LogP contribution in [-0.2, 0) is 5.75 Å². The zero-order valence-corrected chi connectivity index (χ0v) is 11.7. The monoisotopic (exact) mass is 292 g/mol. The minimum atomic E-state index is -0.478. The normalized spacial score (nSPS) is 10.4. The summed E-state index contributed by atoms with van der Waals surface area (Å²) in [7, 11) is 0. The smallest absolute Gasteiger partial charge is 0.249 e. The lowest BCUT2D eigenvalue weighted by Gasteiger charge is -2.10. The number of hydrogen-bond donors (Lipinski definition) is 2. The van der Waals surface area contributed by atoms with E-state index < -0.39 is 5.91 Å². The number of rotatable bonds is 4. The van der Waals surface area contributed by atoms with Gasteiger partial charge in [0.05, 0.1) is 5.56 Å². The van der Waals surface area contributed by atoms with Crippen LogP contribution < -0.4 is 11.5 Å². The molecule has 0 aliphatic rings. The molecule has 19 heavy (non-hydrogen) atoms. The molecule has 98 valence electrons. The van der Waals surface area contributed by atoms with Crippen LogP contribution in [0.25, 0.3) is 0 Å². The number of anilines is 1. The molecule has 2 rings (SSSR count). The summed E-state index contributed by atoms with van der Waals surface area (Å²) in [6.07, 6.45) is 0. The lowest BCUT2D eigenvalue weighted by molar-refractivity contribution is 0.0997. The van der Waals surface area contributed by atoms with Crippen molar-refractivity contribution in [2.24, 2.45) is 5.73 Å². The van der Waals surface area contributed by atoms with E-state index in [0.29, 0.717) is 26.9 Å². The number of carbonyl (C=O) groups is 1. The van der Waals surface area contributed by atoms with Crippen LogP contribution in [0.15, 0.2) is 47.4 Å². The van der Waals surface area contributed by atoms with E-state index in [1.807, 2.05) is 24.3 Å². The van der Waals surface area contributed by atoms with Gasteiger partial charge in [0.1, 0.15) is 0 Å². The number of nitrogens with two attached hydrogens (primary N) is 2. The molecule has 3 nitrogen and oxygen atoms in total. The van der Waals surface area contributed by atoms with Gasteiger partial charge in [-0.25, -0.2) is 0 Å². The van der Waals surface area contributed by atoms with Gasteiger partial charge in [0.15, 0.2) is 0 Å². The molecule has 0 aromatic heterocycles. The van der Waals surface area contributed by atoms with Crippen LogP contribution in [0, 0.1) is 0 Å². The summed E-state index contributed by atoms with van der Waals surface area (Å²) in [6, 6.07) is 12.7. The minimum Gasteiger partial charge on any atom is -0.398 e. The second kappa shape index (κ2) is 5.99. The Morgan fingerprint density at radius 1 is 1.16 bits per heavy atom. The van der Waals surface area contributed by atoms with Gasteiger partial charge in [-0.2, -0.15) is 0 Å². The molecule has 0 saturated heterocycles. The number of nitrogen functional groups attached to an aromatic ring is 1. The molecule has 1 amide bonds. The largest absolute Gasteiger partial charge is 0.398 e. The molecule has 0 fully saturated rings. The van der Waals surface area contributed by atoms with E-state index >= 15 is 0 Å². The van der Waals surface area contributed by atoms with E-state index in [1.165, 1.54) is 11.8 Å². The predicted octanol–water partition coefficient (Wildman–Crippen LogP) is 3.31. The summed E-state index contributed by atoms with van der Waals surface area (Å²) in [5.41, 5.74) is 13.2. The molecule has 0 aliphatic carbocycles. The maximum Gasteiger partial charge on any atom is 0.249 e. The first-order valence-electron chi connectivity index (χ1n) is 5.64. The second-order valence-electron chi connectivity index (χ2n) is 3.97. The lowest BCUT2D eigenvalue weighted by atomic mass is 10.2. The van der Waals surface area contributed by atoms with Gasteiger partial charge in [-0.05, 0) is 23.8 Å². The maximum atomic E-state index is 11.4. The molecule has 0 heterocycles. The van der Waals surface area contributed by atoms with E-state index in [2.05, 4.69) is 0 Å². The van der Waals surface area contributed by atoms with Crippen molar-refractivity contribution in [3.05, 3.63) is 58.6 Å². The molecule has 0 bridgehead atoms. The average Bonchev–Trinajstić information content (AvgIpc) is 2.38. The van der Waals surface area contributed by atoms with Gasteiger partial charge in [-0.1, -0.05) is 35.9 Å². The number of hydrogen-bond acceptors (Lipinski definition) is 3. The molecular weight excluding hydrogens is 280 g/mol. The number of benzene rings is 2. The fraction of sp³-hybridized carbons (Fsp3) is 0.0714. The van der Waals surface area contributed by atoms with Crippen LogP contribution in [0.3, 0.4) is 0 Å². The van der Waals surface area contributed by atoms with Gasteiger partial charge in [-0.15, -0.1) is 11.8 Å². The zero-order chi connectivity index (χ0) is 13.8. The van der Waals surface area contributed by atoms with Crippen LogP contribution in [0.1, 0.15) is 15.9 Å². The summed E-state index contributed by atoms with van der Waals surface area (Å²) in [4.78, 5) is 12.1. The Morgan fingerprint density at radius 3 is 2.58 bits per heavy atom. The highest BCUT2D eigenvalue weighted by Gasteiger charge is 2.12. The van der Waals surface area contributed by atoms with Gasteiger partial charge < -0.3 is 11.5 Å². The number of amides is 1. The molecule has 0 atom stereocenters. The van der Waals surface area contributed by atoms with Crippen molar-refractivity contribution >= 4 is 35.0 Å². The summed E-state index contributed by atoms with van der Waals surface area (Å²) in [6.45, 7) is 0. The highest BCUT2D eigenvalue weighted by atomic mass is 35.5. The van der Waals surface area contributed by atoms with Crippen molar-refractivity contribution in [2.45, 2.75) is 10.6 Å². The van der Waals surface area contributed by atoms with Crippen molar-refractivity contribution in [1.82, 2.24) is 0 Å². The summed E-state index contributed by atoms with van der Waals surface area (Å²) < 4.78 is 0. The zero-order valence-electron chi connectivity index (χ0n) is 10.1. The molecule has 0 spiro atoms. The first kappa shape index (κ1) is 13.8. The van der Waals surface area contributed by atoms with Crippen LogP contribution in [0.2, 0.25) is 5.02 Å². The number of carbonyl (C=O) groups excluding carboxylic acids is 1. The fourth-order valence-electron chi connectivity index (χ4n) is 1.68. The van der Waals surface area contributed by atoms with Crippen molar-refractivity contribution in [3.8, 4) is 0 Å². The van der Waals surface area contributed by atoms with Crippen LogP contribution in [0.5, 0.6) is 0 Å². The number of primary amides is 1. The Kier molecular flexibility index (Phi) is 4.35. The molecule has 4 N–H and O–H groups in total. The lowest BCUT2D eigenvalue weighted by Crippen LogP contribution is -2.13. The highest BCUT2D eigenvalue weighted by molar-refractivity contribution is 7.98. The third kappa shape index (κ3) is 3.22. The van der Waals surface area contributed by atoms with Gasteiger partial charge in [0.2, 0.25) is 5.91 Å². The van der Waals surface area contributed by atoms with Gasteiger partial charge in [-0.3, -0.25) is 4.79 Å².